The number of amides is 2. The summed E-state index contributed by atoms with van der Waals surface area (Å²) in [5, 5.41) is 2.30. The molecule has 0 rings (SSSR count). The molecule has 0 fully saturated rings. The minimum absolute atomic E-state index is 0.123. The van der Waals surface area contributed by atoms with Crippen molar-refractivity contribution in [1.29, 1.82) is 0 Å². The van der Waals surface area contributed by atoms with E-state index < -0.39 is 17.6 Å². The number of nitrogens with one attached hydrogen (secondary N) is 1. The van der Waals surface area contributed by atoms with Gasteiger partial charge in [-0.15, -0.1) is 0 Å². The van der Waals surface area contributed by atoms with E-state index in [1.165, 1.54) is 6.20 Å². The first-order chi connectivity index (χ1) is 7.93. The Balaban J connectivity index is 4.23. The van der Waals surface area contributed by atoms with Crippen LogP contribution >= 0.6 is 0 Å². The molecule has 1 atom stereocenters. The van der Waals surface area contributed by atoms with Crippen LogP contribution < -0.4 is 11.1 Å². The molecule has 17 heavy (non-hydrogen) atoms. The lowest BCUT2D eigenvalue weighted by atomic mass is 9.87. The Hall–Kier alpha value is -1.72. The summed E-state index contributed by atoms with van der Waals surface area (Å²) in [5.41, 5.74) is 4.48. The normalized spacial score (nSPS) is 13.3. The van der Waals surface area contributed by atoms with Gasteiger partial charge < -0.3 is 15.2 Å². The fraction of sp³-hybridized carbons (Fsp3) is 0.636. The molecule has 0 heterocycles. The van der Waals surface area contributed by atoms with Crippen LogP contribution in [0.3, 0.4) is 0 Å². The summed E-state index contributed by atoms with van der Waals surface area (Å²) >= 11 is 0. The Morgan fingerprint density at radius 2 is 2.00 bits per heavy atom. The molecule has 0 aliphatic rings. The number of carbonyl (C=O) groups is 2. The van der Waals surface area contributed by atoms with E-state index in [-0.39, 0.29) is 13.2 Å². The molecule has 2 amide bonds. The lowest BCUT2D eigenvalue weighted by molar-refractivity contribution is 0.0348. The zero-order valence-corrected chi connectivity index (χ0v) is 10.3. The second-order valence-corrected chi connectivity index (χ2v) is 4.09. The van der Waals surface area contributed by atoms with Crippen LogP contribution in [0.25, 0.3) is 0 Å². The highest BCUT2D eigenvalue weighted by Crippen LogP contribution is 2.24. The molecule has 6 nitrogen and oxygen atoms in total. The summed E-state index contributed by atoms with van der Waals surface area (Å²) in [6, 6.07) is 0. The van der Waals surface area contributed by atoms with E-state index in [2.05, 4.69) is 11.9 Å². The van der Waals surface area contributed by atoms with Gasteiger partial charge in [-0.3, -0.25) is 5.32 Å². The van der Waals surface area contributed by atoms with E-state index in [4.69, 9.17) is 15.2 Å². The van der Waals surface area contributed by atoms with Crippen LogP contribution in [-0.2, 0) is 9.47 Å². The van der Waals surface area contributed by atoms with Crippen LogP contribution in [0, 0.1) is 5.41 Å². The van der Waals surface area contributed by atoms with Crippen LogP contribution in [0.5, 0.6) is 0 Å². The van der Waals surface area contributed by atoms with Gasteiger partial charge in [0.25, 0.3) is 0 Å². The van der Waals surface area contributed by atoms with Gasteiger partial charge in [-0.2, -0.15) is 0 Å². The standard InChI is InChI=1S/C11H20N2O4/c1-4-6-11(3,7-16-9(12)14)8-17-10(15)13-5-2/h5H,2,4,6-8H2,1,3H3,(H2,12,14)(H,13,15). The third-order valence-corrected chi connectivity index (χ3v) is 2.19. The first-order valence-electron chi connectivity index (χ1n) is 5.40. The smallest absolute Gasteiger partial charge is 0.411 e. The van der Waals surface area contributed by atoms with Gasteiger partial charge in [0.05, 0.1) is 0 Å². The molecule has 3 N–H and O–H groups in total. The molecule has 98 valence electrons. The van der Waals surface area contributed by atoms with Crippen molar-refractivity contribution in [3.05, 3.63) is 12.8 Å². The number of hydrogen-bond donors (Lipinski definition) is 2. The highest BCUT2D eigenvalue weighted by Gasteiger charge is 2.27. The molecular weight excluding hydrogens is 224 g/mol. The Morgan fingerprint density at radius 3 is 2.47 bits per heavy atom. The summed E-state index contributed by atoms with van der Waals surface area (Å²) in [6.45, 7) is 7.47. The van der Waals surface area contributed by atoms with E-state index in [1.807, 2.05) is 13.8 Å². The highest BCUT2D eigenvalue weighted by molar-refractivity contribution is 5.68. The molecule has 0 aliphatic heterocycles. The maximum Gasteiger partial charge on any atom is 0.411 e. The van der Waals surface area contributed by atoms with E-state index in [9.17, 15) is 9.59 Å². The van der Waals surface area contributed by atoms with Gasteiger partial charge >= 0.3 is 12.2 Å². The van der Waals surface area contributed by atoms with E-state index in [0.29, 0.717) is 0 Å². The number of nitrogens with two attached hydrogens (primary N) is 1. The number of carbonyl (C=O) groups excluding carboxylic acids is 2. The highest BCUT2D eigenvalue weighted by atomic mass is 16.6. The van der Waals surface area contributed by atoms with Crippen LogP contribution in [0.15, 0.2) is 12.8 Å². The van der Waals surface area contributed by atoms with Gasteiger partial charge in [0.15, 0.2) is 0 Å². The Morgan fingerprint density at radius 1 is 1.41 bits per heavy atom. The van der Waals surface area contributed by atoms with E-state index in [1.54, 1.807) is 0 Å². The number of alkyl carbamates (subject to hydrolysis) is 1. The molecule has 0 saturated carbocycles. The van der Waals surface area contributed by atoms with Gasteiger partial charge in [-0.25, -0.2) is 9.59 Å². The topological polar surface area (TPSA) is 90.7 Å². The van der Waals surface area contributed by atoms with E-state index in [0.717, 1.165) is 12.8 Å². The minimum Gasteiger partial charge on any atom is -0.449 e. The summed E-state index contributed by atoms with van der Waals surface area (Å²) < 4.78 is 9.74. The van der Waals surface area contributed by atoms with Crippen LogP contribution in [-0.4, -0.2) is 25.4 Å². The third kappa shape index (κ3) is 7.21. The maximum absolute atomic E-state index is 11.1. The first kappa shape index (κ1) is 15.3. The largest absolute Gasteiger partial charge is 0.449 e. The first-order valence-corrected chi connectivity index (χ1v) is 5.40. The SMILES string of the molecule is C=CNC(=O)OCC(C)(CCC)COC(N)=O. The molecule has 0 bridgehead atoms. The molecule has 0 spiro atoms. The van der Waals surface area contributed by atoms with Gasteiger partial charge in [0.2, 0.25) is 0 Å². The summed E-state index contributed by atoms with van der Waals surface area (Å²) in [7, 11) is 0. The Bertz CT molecular complexity index is 281. The number of hydrogen-bond acceptors (Lipinski definition) is 4. The Labute approximate surface area is 101 Å². The molecule has 0 aliphatic carbocycles. The molecule has 0 aromatic rings. The van der Waals surface area contributed by atoms with Crippen LogP contribution in [0.2, 0.25) is 0 Å². The third-order valence-electron chi connectivity index (χ3n) is 2.19. The lowest BCUT2D eigenvalue weighted by Crippen LogP contribution is -2.34. The molecule has 0 aromatic carbocycles. The summed E-state index contributed by atoms with van der Waals surface area (Å²) in [4.78, 5) is 21.7. The molecular formula is C11H20N2O4. The zero-order chi connectivity index (χ0) is 13.3. The van der Waals surface area contributed by atoms with Gasteiger partial charge in [0, 0.05) is 5.41 Å². The predicted octanol–water partition coefficient (Wildman–Crippen LogP) is 1.76. The molecule has 0 radical (unpaired) electrons. The fourth-order valence-electron chi connectivity index (χ4n) is 1.40. The molecule has 0 aromatic heterocycles. The zero-order valence-electron chi connectivity index (χ0n) is 10.3. The monoisotopic (exact) mass is 244 g/mol. The lowest BCUT2D eigenvalue weighted by Gasteiger charge is -2.27. The van der Waals surface area contributed by atoms with Crippen molar-refractivity contribution in [2.24, 2.45) is 11.1 Å². The van der Waals surface area contributed by atoms with Crippen molar-refractivity contribution in [1.82, 2.24) is 5.32 Å². The van der Waals surface area contributed by atoms with E-state index >= 15 is 0 Å². The van der Waals surface area contributed by atoms with Crippen molar-refractivity contribution in [3.63, 3.8) is 0 Å². The van der Waals surface area contributed by atoms with Gasteiger partial charge in [-0.05, 0) is 12.6 Å². The van der Waals surface area contributed by atoms with Crippen molar-refractivity contribution >= 4 is 12.2 Å². The van der Waals surface area contributed by atoms with Crippen LogP contribution in [0.1, 0.15) is 26.7 Å². The summed E-state index contributed by atoms with van der Waals surface area (Å²) in [6.07, 6.45) is 1.45. The quantitative estimate of drug-likeness (QED) is 0.713. The number of ether oxygens (including phenoxy) is 2. The second-order valence-electron chi connectivity index (χ2n) is 4.09. The molecule has 0 saturated heterocycles. The number of rotatable bonds is 7. The maximum atomic E-state index is 11.1. The molecule has 6 heteroatoms. The fourth-order valence-corrected chi connectivity index (χ4v) is 1.40. The van der Waals surface area contributed by atoms with Crippen molar-refractivity contribution in [2.45, 2.75) is 26.7 Å². The number of primary amides is 1. The van der Waals surface area contributed by atoms with Crippen molar-refractivity contribution < 1.29 is 19.1 Å². The average molecular weight is 244 g/mol. The molecule has 1 unspecified atom stereocenters. The minimum atomic E-state index is -0.831. The van der Waals surface area contributed by atoms with Crippen LogP contribution in [0.4, 0.5) is 9.59 Å². The second kappa shape index (κ2) is 7.54. The van der Waals surface area contributed by atoms with Gasteiger partial charge in [-0.1, -0.05) is 26.8 Å². The van der Waals surface area contributed by atoms with Crippen molar-refractivity contribution in [2.75, 3.05) is 13.2 Å². The van der Waals surface area contributed by atoms with Crippen molar-refractivity contribution in [3.8, 4) is 0 Å². The predicted molar refractivity (Wildman–Crippen MR) is 63.2 cm³/mol. The Kier molecular flexibility index (Phi) is 6.77. The van der Waals surface area contributed by atoms with Gasteiger partial charge in [0.1, 0.15) is 13.2 Å². The summed E-state index contributed by atoms with van der Waals surface area (Å²) in [5.74, 6) is 0. The average Bonchev–Trinajstić information content (AvgIpc) is 2.25.